The van der Waals surface area contributed by atoms with Gasteiger partial charge in [0.05, 0.1) is 11.0 Å². The number of nitrogens with zero attached hydrogens (tertiary/aromatic N) is 2. The first-order chi connectivity index (χ1) is 9.16. The van der Waals surface area contributed by atoms with E-state index in [0.29, 0.717) is 0 Å². The molecule has 0 amide bonds. The number of aromatic nitrogens is 2. The molecule has 0 saturated heterocycles. The molecule has 19 heavy (non-hydrogen) atoms. The molecule has 0 aliphatic rings. The zero-order valence-electron chi connectivity index (χ0n) is 10.5. The molecule has 96 valence electrons. The van der Waals surface area contributed by atoms with Crippen LogP contribution >= 0.6 is 15.9 Å². The van der Waals surface area contributed by atoms with Crippen molar-refractivity contribution in [2.75, 3.05) is 0 Å². The Labute approximate surface area is 120 Å². The predicted octanol–water partition coefficient (Wildman–Crippen LogP) is 3.81. The van der Waals surface area contributed by atoms with Gasteiger partial charge in [0.1, 0.15) is 6.33 Å². The molecule has 0 spiro atoms. The van der Waals surface area contributed by atoms with Crippen LogP contribution in [0.1, 0.15) is 18.5 Å². The number of benzene rings is 2. The number of fused-ring (bicyclic) bond motifs is 1. The Balaban J connectivity index is 2.14. The Bertz CT molecular complexity index is 731. The fourth-order valence-corrected chi connectivity index (χ4v) is 2.93. The normalized spacial score (nSPS) is 12.8. The maximum atomic E-state index is 5.92. The monoisotopic (exact) mass is 315 g/mol. The number of imidazole rings is 1. The Morgan fingerprint density at radius 1 is 1.21 bits per heavy atom. The quantitative estimate of drug-likeness (QED) is 0.781. The molecular formula is C15H14BrN3. The molecule has 3 rings (SSSR count). The first-order valence-electron chi connectivity index (χ1n) is 6.14. The van der Waals surface area contributed by atoms with Gasteiger partial charge in [-0.25, -0.2) is 4.98 Å². The van der Waals surface area contributed by atoms with Crippen molar-refractivity contribution < 1.29 is 0 Å². The van der Waals surface area contributed by atoms with Crippen LogP contribution in [0.4, 0.5) is 0 Å². The van der Waals surface area contributed by atoms with E-state index < -0.39 is 0 Å². The zero-order valence-corrected chi connectivity index (χ0v) is 12.1. The van der Waals surface area contributed by atoms with E-state index in [4.69, 9.17) is 5.73 Å². The van der Waals surface area contributed by atoms with Gasteiger partial charge in [0.15, 0.2) is 0 Å². The highest BCUT2D eigenvalue weighted by Crippen LogP contribution is 2.26. The third kappa shape index (κ3) is 2.17. The van der Waals surface area contributed by atoms with Crippen LogP contribution in [0.25, 0.3) is 16.7 Å². The van der Waals surface area contributed by atoms with Crippen molar-refractivity contribution in [2.24, 2.45) is 5.73 Å². The summed E-state index contributed by atoms with van der Waals surface area (Å²) in [5.41, 5.74) is 10.2. The molecule has 3 nitrogen and oxygen atoms in total. The Hall–Kier alpha value is -1.65. The van der Waals surface area contributed by atoms with Crippen LogP contribution in [0, 0.1) is 0 Å². The SMILES string of the molecule is C[C@@H](N)c1ccc(-n2cnc3ccccc32)cc1Br. The minimum Gasteiger partial charge on any atom is -0.324 e. The van der Waals surface area contributed by atoms with Crippen LogP contribution in [0.15, 0.2) is 53.3 Å². The molecule has 0 saturated carbocycles. The van der Waals surface area contributed by atoms with Gasteiger partial charge in [0, 0.05) is 16.2 Å². The maximum absolute atomic E-state index is 5.92. The molecule has 0 radical (unpaired) electrons. The van der Waals surface area contributed by atoms with E-state index in [9.17, 15) is 0 Å². The summed E-state index contributed by atoms with van der Waals surface area (Å²) in [5.74, 6) is 0. The second-order valence-electron chi connectivity index (χ2n) is 4.60. The van der Waals surface area contributed by atoms with E-state index in [1.165, 1.54) is 0 Å². The highest BCUT2D eigenvalue weighted by atomic mass is 79.9. The molecule has 2 N–H and O–H groups in total. The van der Waals surface area contributed by atoms with Crippen LogP contribution in [0.3, 0.4) is 0 Å². The van der Waals surface area contributed by atoms with E-state index >= 15 is 0 Å². The van der Waals surface area contributed by atoms with Gasteiger partial charge in [-0.05, 0) is 36.8 Å². The molecule has 2 aromatic carbocycles. The Morgan fingerprint density at radius 3 is 2.74 bits per heavy atom. The Morgan fingerprint density at radius 2 is 2.00 bits per heavy atom. The zero-order chi connectivity index (χ0) is 13.4. The lowest BCUT2D eigenvalue weighted by Crippen LogP contribution is -2.06. The van der Waals surface area contributed by atoms with Crippen molar-refractivity contribution in [1.82, 2.24) is 9.55 Å². The fraction of sp³-hybridized carbons (Fsp3) is 0.133. The van der Waals surface area contributed by atoms with Gasteiger partial charge in [0.2, 0.25) is 0 Å². The van der Waals surface area contributed by atoms with E-state index in [-0.39, 0.29) is 6.04 Å². The largest absolute Gasteiger partial charge is 0.324 e. The van der Waals surface area contributed by atoms with Crippen LogP contribution in [-0.2, 0) is 0 Å². The summed E-state index contributed by atoms with van der Waals surface area (Å²) in [6.07, 6.45) is 1.85. The fourth-order valence-electron chi connectivity index (χ4n) is 2.20. The maximum Gasteiger partial charge on any atom is 0.100 e. The molecule has 4 heteroatoms. The third-order valence-corrected chi connectivity index (χ3v) is 3.89. The average molecular weight is 316 g/mol. The van der Waals surface area contributed by atoms with Gasteiger partial charge in [-0.3, -0.25) is 4.57 Å². The topological polar surface area (TPSA) is 43.8 Å². The van der Waals surface area contributed by atoms with E-state index in [1.807, 2.05) is 31.5 Å². The second-order valence-corrected chi connectivity index (χ2v) is 5.45. The molecule has 0 bridgehead atoms. The number of hydrogen-bond acceptors (Lipinski definition) is 2. The lowest BCUT2D eigenvalue weighted by atomic mass is 10.1. The summed E-state index contributed by atoms with van der Waals surface area (Å²) in [5, 5.41) is 0. The predicted molar refractivity (Wildman–Crippen MR) is 81.4 cm³/mol. The average Bonchev–Trinajstić information content (AvgIpc) is 2.82. The number of para-hydroxylation sites is 2. The van der Waals surface area contributed by atoms with Crippen molar-refractivity contribution in [2.45, 2.75) is 13.0 Å². The number of nitrogens with two attached hydrogens (primary N) is 1. The van der Waals surface area contributed by atoms with Gasteiger partial charge >= 0.3 is 0 Å². The van der Waals surface area contributed by atoms with E-state index in [0.717, 1.165) is 26.8 Å². The summed E-state index contributed by atoms with van der Waals surface area (Å²) in [4.78, 5) is 4.41. The molecule has 0 unspecified atom stereocenters. The molecule has 0 aliphatic heterocycles. The summed E-state index contributed by atoms with van der Waals surface area (Å²) in [6, 6.07) is 14.3. The van der Waals surface area contributed by atoms with Crippen molar-refractivity contribution in [3.63, 3.8) is 0 Å². The third-order valence-electron chi connectivity index (χ3n) is 3.21. The lowest BCUT2D eigenvalue weighted by Gasteiger charge is -2.11. The summed E-state index contributed by atoms with van der Waals surface area (Å²) < 4.78 is 3.10. The minimum atomic E-state index is 0.0166. The van der Waals surface area contributed by atoms with Crippen molar-refractivity contribution in [1.29, 1.82) is 0 Å². The highest BCUT2D eigenvalue weighted by Gasteiger charge is 2.08. The second kappa shape index (κ2) is 4.79. The van der Waals surface area contributed by atoms with E-state index in [2.05, 4.69) is 49.7 Å². The molecule has 0 aliphatic carbocycles. The molecular weight excluding hydrogens is 302 g/mol. The van der Waals surface area contributed by atoms with Gasteiger partial charge in [0.25, 0.3) is 0 Å². The first-order valence-corrected chi connectivity index (χ1v) is 6.93. The molecule has 0 fully saturated rings. The summed E-state index contributed by atoms with van der Waals surface area (Å²) >= 11 is 3.58. The first kappa shape index (κ1) is 12.4. The van der Waals surface area contributed by atoms with Gasteiger partial charge in [-0.15, -0.1) is 0 Å². The number of rotatable bonds is 2. The molecule has 1 heterocycles. The number of halogens is 1. The summed E-state index contributed by atoms with van der Waals surface area (Å²) in [7, 11) is 0. The van der Waals surface area contributed by atoms with Gasteiger partial charge in [-0.1, -0.05) is 34.1 Å². The highest BCUT2D eigenvalue weighted by molar-refractivity contribution is 9.10. The smallest absolute Gasteiger partial charge is 0.100 e. The van der Waals surface area contributed by atoms with Crippen LogP contribution < -0.4 is 5.73 Å². The standard InChI is InChI=1S/C15H14BrN3/c1-10(17)12-7-6-11(8-13(12)16)19-9-18-14-4-2-3-5-15(14)19/h2-10H,17H2,1H3/t10-/m1/s1. The van der Waals surface area contributed by atoms with Crippen molar-refractivity contribution >= 4 is 27.0 Å². The Kier molecular flexibility index (Phi) is 3.12. The van der Waals surface area contributed by atoms with Crippen molar-refractivity contribution in [3.05, 3.63) is 58.8 Å². The van der Waals surface area contributed by atoms with Gasteiger partial charge < -0.3 is 5.73 Å². The lowest BCUT2D eigenvalue weighted by molar-refractivity contribution is 0.812. The van der Waals surface area contributed by atoms with Gasteiger partial charge in [-0.2, -0.15) is 0 Å². The minimum absolute atomic E-state index is 0.0166. The van der Waals surface area contributed by atoms with Crippen LogP contribution in [0.2, 0.25) is 0 Å². The molecule has 1 atom stereocenters. The van der Waals surface area contributed by atoms with Crippen LogP contribution in [0.5, 0.6) is 0 Å². The van der Waals surface area contributed by atoms with Crippen LogP contribution in [-0.4, -0.2) is 9.55 Å². The van der Waals surface area contributed by atoms with E-state index in [1.54, 1.807) is 0 Å². The molecule has 1 aromatic heterocycles. The molecule has 3 aromatic rings. The summed E-state index contributed by atoms with van der Waals surface area (Å²) in [6.45, 7) is 1.98. The number of hydrogen-bond donors (Lipinski definition) is 1. The van der Waals surface area contributed by atoms with Crippen molar-refractivity contribution in [3.8, 4) is 5.69 Å².